The number of carbonyl (C=O) groups excluding carboxylic acids is 1. The van der Waals surface area contributed by atoms with Gasteiger partial charge in [0.15, 0.2) is 5.82 Å². The summed E-state index contributed by atoms with van der Waals surface area (Å²) in [5.74, 6) is 1.27. The predicted octanol–water partition coefficient (Wildman–Crippen LogP) is 3.38. The highest BCUT2D eigenvalue weighted by molar-refractivity contribution is 9.10. The number of hydrogen-bond donors (Lipinski definition) is 3. The first-order chi connectivity index (χ1) is 13.1. The molecule has 0 saturated heterocycles. The highest BCUT2D eigenvalue weighted by Gasteiger charge is 2.12. The Morgan fingerprint density at radius 2 is 1.70 bits per heavy atom. The molecule has 0 spiro atoms. The number of amides is 1. The van der Waals surface area contributed by atoms with Gasteiger partial charge in [-0.1, -0.05) is 15.9 Å². The van der Waals surface area contributed by atoms with E-state index in [4.69, 9.17) is 15.2 Å². The van der Waals surface area contributed by atoms with Gasteiger partial charge in [0.05, 0.1) is 7.11 Å². The van der Waals surface area contributed by atoms with E-state index in [9.17, 15) is 4.79 Å². The first-order valence-electron chi connectivity index (χ1n) is 7.81. The Morgan fingerprint density at radius 3 is 2.37 bits per heavy atom. The second-order valence-corrected chi connectivity index (χ2v) is 6.22. The second-order valence-electron chi connectivity index (χ2n) is 5.30. The zero-order chi connectivity index (χ0) is 19.2. The lowest BCUT2D eigenvalue weighted by Gasteiger charge is -2.12. The van der Waals surface area contributed by atoms with Gasteiger partial charge < -0.3 is 15.2 Å². The fourth-order valence-electron chi connectivity index (χ4n) is 2.11. The Kier molecular flexibility index (Phi) is 5.72. The van der Waals surface area contributed by atoms with Gasteiger partial charge in [-0.2, -0.15) is 4.98 Å². The van der Waals surface area contributed by atoms with Crippen LogP contribution in [0.3, 0.4) is 0 Å². The minimum atomic E-state index is -0.356. The highest BCUT2D eigenvalue weighted by Crippen LogP contribution is 2.29. The Hall–Kier alpha value is -3.33. The summed E-state index contributed by atoms with van der Waals surface area (Å²) in [4.78, 5) is 20.2. The summed E-state index contributed by atoms with van der Waals surface area (Å²) in [6.45, 7) is 0. The number of anilines is 2. The van der Waals surface area contributed by atoms with Gasteiger partial charge in [-0.05, 0) is 48.5 Å². The molecule has 0 atom stereocenters. The van der Waals surface area contributed by atoms with Crippen LogP contribution in [0.4, 0.5) is 11.5 Å². The van der Waals surface area contributed by atoms with Crippen LogP contribution in [0.2, 0.25) is 0 Å². The number of ether oxygens (including phenoxy) is 2. The number of nitrogens with one attached hydrogen (secondary N) is 2. The highest BCUT2D eigenvalue weighted by atomic mass is 79.9. The fourth-order valence-corrected chi connectivity index (χ4v) is 2.37. The van der Waals surface area contributed by atoms with Gasteiger partial charge >= 0.3 is 0 Å². The van der Waals surface area contributed by atoms with E-state index in [1.807, 2.05) is 12.1 Å². The summed E-state index contributed by atoms with van der Waals surface area (Å²) in [6, 6.07) is 13.9. The summed E-state index contributed by atoms with van der Waals surface area (Å²) in [5, 5.41) is 0. The third-order valence-electron chi connectivity index (χ3n) is 3.52. The molecule has 0 saturated carbocycles. The number of nitrogen functional groups attached to an aromatic ring is 1. The average molecular weight is 430 g/mol. The number of methoxy groups -OCH3 is 1. The summed E-state index contributed by atoms with van der Waals surface area (Å²) in [7, 11) is 1.56. The molecule has 0 bridgehead atoms. The van der Waals surface area contributed by atoms with Crippen LogP contribution in [-0.4, -0.2) is 23.0 Å². The molecule has 8 nitrogen and oxygen atoms in total. The van der Waals surface area contributed by atoms with Crippen molar-refractivity contribution >= 4 is 33.3 Å². The van der Waals surface area contributed by atoms with Crippen LogP contribution in [0.1, 0.15) is 10.4 Å². The minimum absolute atomic E-state index is 0.162. The lowest BCUT2D eigenvalue weighted by Crippen LogP contribution is -2.30. The van der Waals surface area contributed by atoms with Crippen molar-refractivity contribution in [2.75, 3.05) is 18.3 Å². The maximum absolute atomic E-state index is 12.2. The lowest BCUT2D eigenvalue weighted by molar-refractivity contribution is 0.0962. The zero-order valence-electron chi connectivity index (χ0n) is 14.3. The molecule has 27 heavy (non-hydrogen) atoms. The van der Waals surface area contributed by atoms with Crippen molar-refractivity contribution in [1.29, 1.82) is 0 Å². The van der Waals surface area contributed by atoms with Crippen LogP contribution in [0.15, 0.2) is 59.3 Å². The maximum Gasteiger partial charge on any atom is 0.269 e. The molecule has 0 unspecified atom stereocenters. The van der Waals surface area contributed by atoms with E-state index in [0.717, 1.165) is 4.47 Å². The maximum atomic E-state index is 12.2. The Labute approximate surface area is 163 Å². The first kappa shape index (κ1) is 18.5. The molecule has 1 amide bonds. The Balaban J connectivity index is 1.68. The van der Waals surface area contributed by atoms with Crippen molar-refractivity contribution in [3.05, 3.63) is 64.9 Å². The molecular weight excluding hydrogens is 414 g/mol. The Morgan fingerprint density at radius 1 is 1.04 bits per heavy atom. The van der Waals surface area contributed by atoms with Crippen molar-refractivity contribution in [3.63, 3.8) is 0 Å². The van der Waals surface area contributed by atoms with Crippen molar-refractivity contribution in [2.45, 2.75) is 0 Å². The van der Waals surface area contributed by atoms with Gasteiger partial charge in [0, 0.05) is 10.0 Å². The molecule has 0 aliphatic carbocycles. The molecular formula is C18H16BrN5O3. The SMILES string of the molecule is COc1ccc(C(=O)NNc2ncnc(Oc3ccc(Br)cc3)c2N)cc1. The third kappa shape index (κ3) is 4.64. The smallest absolute Gasteiger partial charge is 0.269 e. The molecule has 0 aliphatic rings. The van der Waals surface area contributed by atoms with Crippen LogP contribution in [0.5, 0.6) is 17.4 Å². The minimum Gasteiger partial charge on any atom is -0.497 e. The summed E-state index contributed by atoms with van der Waals surface area (Å²) in [5.41, 5.74) is 11.9. The van der Waals surface area contributed by atoms with Gasteiger partial charge in [-0.25, -0.2) is 4.98 Å². The molecule has 9 heteroatoms. The second kappa shape index (κ2) is 8.37. The predicted molar refractivity (Wildman–Crippen MR) is 105 cm³/mol. The molecule has 1 heterocycles. The topological polar surface area (TPSA) is 111 Å². The van der Waals surface area contributed by atoms with E-state index >= 15 is 0 Å². The molecule has 0 fully saturated rings. The number of nitrogens with two attached hydrogens (primary N) is 1. The molecule has 4 N–H and O–H groups in total. The number of halogens is 1. The lowest BCUT2D eigenvalue weighted by atomic mass is 10.2. The van der Waals surface area contributed by atoms with Gasteiger partial charge in [0.1, 0.15) is 23.5 Å². The number of benzene rings is 2. The van der Waals surface area contributed by atoms with Crippen LogP contribution < -0.4 is 26.1 Å². The Bertz CT molecular complexity index is 933. The largest absolute Gasteiger partial charge is 0.497 e. The number of nitrogens with zero attached hydrogens (tertiary/aromatic N) is 2. The number of aromatic nitrogens is 2. The van der Waals surface area contributed by atoms with Crippen LogP contribution in [0.25, 0.3) is 0 Å². The third-order valence-corrected chi connectivity index (χ3v) is 4.05. The number of rotatable bonds is 6. The van der Waals surface area contributed by atoms with Crippen molar-refractivity contribution in [1.82, 2.24) is 15.4 Å². The summed E-state index contributed by atoms with van der Waals surface area (Å²) in [6.07, 6.45) is 1.28. The fraction of sp³-hybridized carbons (Fsp3) is 0.0556. The van der Waals surface area contributed by atoms with Gasteiger partial charge in [0.2, 0.25) is 5.88 Å². The van der Waals surface area contributed by atoms with Gasteiger partial charge in [-0.15, -0.1) is 0 Å². The van der Waals surface area contributed by atoms with Gasteiger partial charge in [-0.3, -0.25) is 15.6 Å². The molecule has 2 aromatic carbocycles. The van der Waals surface area contributed by atoms with E-state index in [1.165, 1.54) is 6.33 Å². The monoisotopic (exact) mass is 429 g/mol. The molecule has 0 radical (unpaired) electrons. The molecule has 3 aromatic rings. The van der Waals surface area contributed by atoms with Crippen molar-refractivity contribution in [3.8, 4) is 17.4 Å². The first-order valence-corrected chi connectivity index (χ1v) is 8.60. The number of carbonyl (C=O) groups is 1. The molecule has 3 rings (SSSR count). The van der Waals surface area contributed by atoms with E-state index in [-0.39, 0.29) is 23.3 Å². The van der Waals surface area contributed by atoms with Crippen LogP contribution in [0, 0.1) is 0 Å². The number of hydrazine groups is 1. The van der Waals surface area contributed by atoms with E-state index in [1.54, 1.807) is 43.5 Å². The van der Waals surface area contributed by atoms with Crippen molar-refractivity contribution in [2.24, 2.45) is 0 Å². The normalized spacial score (nSPS) is 10.1. The molecule has 0 aliphatic heterocycles. The van der Waals surface area contributed by atoms with Crippen molar-refractivity contribution < 1.29 is 14.3 Å². The van der Waals surface area contributed by atoms with E-state index in [0.29, 0.717) is 17.1 Å². The number of hydrogen-bond acceptors (Lipinski definition) is 7. The standard InChI is InChI=1S/C18H16BrN5O3/c1-26-13-6-2-11(3-7-13)17(25)24-23-16-15(20)18(22-10-21-16)27-14-8-4-12(19)5-9-14/h2-10H,20H2,1H3,(H,24,25)(H,21,22,23). The summed E-state index contributed by atoms with van der Waals surface area (Å²) >= 11 is 3.36. The van der Waals surface area contributed by atoms with E-state index in [2.05, 4.69) is 36.7 Å². The van der Waals surface area contributed by atoms with E-state index < -0.39 is 0 Å². The zero-order valence-corrected chi connectivity index (χ0v) is 15.9. The molecule has 1 aromatic heterocycles. The average Bonchev–Trinajstić information content (AvgIpc) is 2.70. The van der Waals surface area contributed by atoms with Gasteiger partial charge in [0.25, 0.3) is 5.91 Å². The quantitative estimate of drug-likeness (QED) is 0.514. The summed E-state index contributed by atoms with van der Waals surface area (Å²) < 4.78 is 11.6. The van der Waals surface area contributed by atoms with Crippen LogP contribution >= 0.6 is 15.9 Å². The molecule has 138 valence electrons. The van der Waals surface area contributed by atoms with Crippen LogP contribution in [-0.2, 0) is 0 Å².